The Morgan fingerprint density at radius 3 is 2.25 bits per heavy atom. The molecule has 0 saturated heterocycles. The molecule has 0 radical (unpaired) electrons. The number of hydrogen-bond donors (Lipinski definition) is 0. The molecular weight excluding hydrogens is 152 g/mol. The maximum Gasteiger partial charge on any atom is 0.330 e. The van der Waals surface area contributed by atoms with Crippen molar-refractivity contribution in [2.24, 2.45) is 5.41 Å². The summed E-state index contributed by atoms with van der Waals surface area (Å²) in [5.41, 5.74) is 0.153. The zero-order valence-electron chi connectivity index (χ0n) is 8.13. The first-order valence-corrected chi connectivity index (χ1v) is 3.89. The van der Waals surface area contributed by atoms with Crippen molar-refractivity contribution in [3.05, 3.63) is 24.3 Å². The van der Waals surface area contributed by atoms with Crippen LogP contribution in [0.4, 0.5) is 0 Å². The zero-order valence-corrected chi connectivity index (χ0v) is 8.13. The Hall–Kier alpha value is -1.05. The Balaban J connectivity index is 3.90. The van der Waals surface area contributed by atoms with Crippen LogP contribution in [0.1, 0.15) is 20.8 Å². The third-order valence-electron chi connectivity index (χ3n) is 1.14. The minimum Gasteiger partial charge on any atom is -0.466 e. The number of ether oxygens (including phenoxy) is 1. The van der Waals surface area contributed by atoms with Crippen molar-refractivity contribution in [2.45, 2.75) is 20.8 Å². The summed E-state index contributed by atoms with van der Waals surface area (Å²) in [7, 11) is 1.36. The quantitative estimate of drug-likeness (QED) is 0.359. The van der Waals surface area contributed by atoms with Crippen LogP contribution in [0.3, 0.4) is 0 Å². The van der Waals surface area contributed by atoms with Crippen molar-refractivity contribution in [1.82, 2.24) is 0 Å². The monoisotopic (exact) mass is 168 g/mol. The van der Waals surface area contributed by atoms with Crippen molar-refractivity contribution in [3.63, 3.8) is 0 Å². The molecule has 0 unspecified atom stereocenters. The maximum absolute atomic E-state index is 10.6. The van der Waals surface area contributed by atoms with Crippen LogP contribution in [0, 0.1) is 5.41 Å². The molecule has 12 heavy (non-hydrogen) atoms. The molecule has 0 spiro atoms. The van der Waals surface area contributed by atoms with Crippen LogP contribution in [-0.2, 0) is 9.53 Å². The predicted octanol–water partition coefficient (Wildman–Crippen LogP) is 2.32. The molecule has 0 aliphatic rings. The zero-order chi connectivity index (χ0) is 9.61. The number of carbonyl (C=O) groups excluding carboxylic acids is 1. The number of methoxy groups -OCH3 is 1. The molecule has 0 fully saturated rings. The molecule has 68 valence electrons. The van der Waals surface area contributed by atoms with E-state index >= 15 is 0 Å². The first-order chi connectivity index (χ1) is 5.45. The van der Waals surface area contributed by atoms with Crippen LogP contribution in [0.2, 0.25) is 0 Å². The smallest absolute Gasteiger partial charge is 0.330 e. The number of esters is 1. The topological polar surface area (TPSA) is 26.3 Å². The third kappa shape index (κ3) is 7.06. The van der Waals surface area contributed by atoms with Crippen molar-refractivity contribution >= 4 is 5.97 Å². The summed E-state index contributed by atoms with van der Waals surface area (Å²) in [4.78, 5) is 10.6. The minimum absolute atomic E-state index is 0.153. The Morgan fingerprint density at radius 1 is 1.25 bits per heavy atom. The lowest BCUT2D eigenvalue weighted by molar-refractivity contribution is -0.134. The molecule has 0 saturated carbocycles. The minimum atomic E-state index is -0.325. The normalized spacial score (nSPS) is 12.7. The highest BCUT2D eigenvalue weighted by Gasteiger charge is 2.01. The summed E-state index contributed by atoms with van der Waals surface area (Å²) >= 11 is 0. The fourth-order valence-corrected chi connectivity index (χ4v) is 0.546. The Bertz CT molecular complexity index is 194. The predicted molar refractivity (Wildman–Crippen MR) is 49.8 cm³/mol. The summed E-state index contributed by atoms with van der Waals surface area (Å²) in [6, 6.07) is 0. The maximum atomic E-state index is 10.6. The number of carbonyl (C=O) groups is 1. The van der Waals surface area contributed by atoms with E-state index in [1.54, 1.807) is 6.08 Å². The Kier molecular flexibility index (Phi) is 4.34. The molecule has 0 aromatic heterocycles. The third-order valence-corrected chi connectivity index (χ3v) is 1.14. The fourth-order valence-electron chi connectivity index (χ4n) is 0.546. The van der Waals surface area contributed by atoms with Gasteiger partial charge in [-0.15, -0.1) is 0 Å². The molecule has 0 atom stereocenters. The summed E-state index contributed by atoms with van der Waals surface area (Å²) in [6.45, 7) is 6.28. The van der Waals surface area contributed by atoms with E-state index in [0.717, 1.165) is 0 Å². The van der Waals surface area contributed by atoms with Gasteiger partial charge in [0, 0.05) is 6.08 Å². The van der Waals surface area contributed by atoms with E-state index in [4.69, 9.17) is 0 Å². The summed E-state index contributed by atoms with van der Waals surface area (Å²) in [5.74, 6) is -0.325. The Labute approximate surface area is 73.9 Å². The van der Waals surface area contributed by atoms with Crippen LogP contribution in [0.25, 0.3) is 0 Å². The highest BCUT2D eigenvalue weighted by atomic mass is 16.5. The van der Waals surface area contributed by atoms with Gasteiger partial charge in [0.1, 0.15) is 0 Å². The Morgan fingerprint density at radius 2 is 1.83 bits per heavy atom. The molecule has 0 heterocycles. The van der Waals surface area contributed by atoms with Crippen molar-refractivity contribution in [2.75, 3.05) is 7.11 Å². The first kappa shape index (κ1) is 11.0. The lowest BCUT2D eigenvalue weighted by Gasteiger charge is -2.09. The van der Waals surface area contributed by atoms with Gasteiger partial charge in [-0.25, -0.2) is 4.79 Å². The van der Waals surface area contributed by atoms with E-state index in [9.17, 15) is 4.79 Å². The second-order valence-electron chi connectivity index (χ2n) is 3.61. The second kappa shape index (κ2) is 4.75. The lowest BCUT2D eigenvalue weighted by atomic mass is 9.96. The van der Waals surface area contributed by atoms with Gasteiger partial charge in [-0.05, 0) is 5.41 Å². The fraction of sp³-hybridized carbons (Fsp3) is 0.500. The molecular formula is C10H16O2. The van der Waals surface area contributed by atoms with Gasteiger partial charge in [-0.3, -0.25) is 0 Å². The number of allylic oxidation sites excluding steroid dienone is 3. The van der Waals surface area contributed by atoms with E-state index in [-0.39, 0.29) is 11.4 Å². The van der Waals surface area contributed by atoms with E-state index in [1.165, 1.54) is 13.2 Å². The highest BCUT2D eigenvalue weighted by molar-refractivity contribution is 5.82. The standard InChI is InChI=1S/C10H16O2/c1-10(2,3)8-6-5-7-9(11)12-4/h5-8H,1-4H3. The van der Waals surface area contributed by atoms with E-state index in [2.05, 4.69) is 25.5 Å². The van der Waals surface area contributed by atoms with Gasteiger partial charge in [-0.1, -0.05) is 39.0 Å². The van der Waals surface area contributed by atoms with Gasteiger partial charge < -0.3 is 4.74 Å². The molecule has 0 rings (SSSR count). The average Bonchev–Trinajstić information content (AvgIpc) is 1.96. The average molecular weight is 168 g/mol. The van der Waals surface area contributed by atoms with Crippen LogP contribution in [-0.4, -0.2) is 13.1 Å². The van der Waals surface area contributed by atoms with E-state index in [1.807, 2.05) is 12.2 Å². The van der Waals surface area contributed by atoms with Gasteiger partial charge in [0.2, 0.25) is 0 Å². The van der Waals surface area contributed by atoms with E-state index < -0.39 is 0 Å². The van der Waals surface area contributed by atoms with Crippen LogP contribution in [0.5, 0.6) is 0 Å². The molecule has 2 nitrogen and oxygen atoms in total. The van der Waals surface area contributed by atoms with Gasteiger partial charge in [0.25, 0.3) is 0 Å². The molecule has 0 bridgehead atoms. The first-order valence-electron chi connectivity index (χ1n) is 3.89. The second-order valence-corrected chi connectivity index (χ2v) is 3.61. The SMILES string of the molecule is COC(=O)C=CC=CC(C)(C)C. The summed E-state index contributed by atoms with van der Waals surface area (Å²) < 4.78 is 4.42. The van der Waals surface area contributed by atoms with Gasteiger partial charge >= 0.3 is 5.97 Å². The molecule has 0 aromatic carbocycles. The molecule has 0 N–H and O–H groups in total. The largest absolute Gasteiger partial charge is 0.466 e. The number of rotatable bonds is 2. The molecule has 0 aliphatic heterocycles. The van der Waals surface area contributed by atoms with Gasteiger partial charge in [0.15, 0.2) is 0 Å². The molecule has 0 amide bonds. The molecule has 0 aliphatic carbocycles. The molecule has 2 heteroatoms. The van der Waals surface area contributed by atoms with Crippen molar-refractivity contribution < 1.29 is 9.53 Å². The number of hydrogen-bond acceptors (Lipinski definition) is 2. The van der Waals surface area contributed by atoms with Gasteiger partial charge in [0.05, 0.1) is 7.11 Å². The van der Waals surface area contributed by atoms with Crippen LogP contribution in [0.15, 0.2) is 24.3 Å². The lowest BCUT2D eigenvalue weighted by Crippen LogP contribution is -1.98. The van der Waals surface area contributed by atoms with Crippen molar-refractivity contribution in [1.29, 1.82) is 0 Å². The van der Waals surface area contributed by atoms with Gasteiger partial charge in [-0.2, -0.15) is 0 Å². The molecule has 0 aromatic rings. The highest BCUT2D eigenvalue weighted by Crippen LogP contribution is 2.14. The van der Waals surface area contributed by atoms with Crippen LogP contribution >= 0.6 is 0 Å². The summed E-state index contributed by atoms with van der Waals surface area (Å²) in [6.07, 6.45) is 6.93. The summed E-state index contributed by atoms with van der Waals surface area (Å²) in [5, 5.41) is 0. The van der Waals surface area contributed by atoms with Crippen molar-refractivity contribution in [3.8, 4) is 0 Å². The van der Waals surface area contributed by atoms with E-state index in [0.29, 0.717) is 0 Å². The van der Waals surface area contributed by atoms with Crippen LogP contribution < -0.4 is 0 Å².